The van der Waals surface area contributed by atoms with Crippen molar-refractivity contribution < 1.29 is 9.18 Å². The molecule has 0 atom stereocenters. The van der Waals surface area contributed by atoms with Crippen LogP contribution in [0.2, 0.25) is 0 Å². The van der Waals surface area contributed by atoms with Gasteiger partial charge in [0.15, 0.2) is 0 Å². The smallest absolute Gasteiger partial charge is 0.227 e. The number of aryl methyl sites for hydroxylation is 1. The third-order valence-corrected chi connectivity index (χ3v) is 5.32. The summed E-state index contributed by atoms with van der Waals surface area (Å²) in [6.45, 7) is 3.56. The normalized spacial score (nSPS) is 15.1. The lowest BCUT2D eigenvalue weighted by atomic mass is 9.95. The number of carbonyl (C=O) groups excluding carboxylic acids is 1. The molecule has 3 aromatic rings. The summed E-state index contributed by atoms with van der Waals surface area (Å²) in [6, 6.07) is 14.4. The van der Waals surface area contributed by atoms with Gasteiger partial charge in [0, 0.05) is 53.0 Å². The Hall–Kier alpha value is -2.95. The summed E-state index contributed by atoms with van der Waals surface area (Å²) in [7, 11) is 0. The van der Waals surface area contributed by atoms with Crippen molar-refractivity contribution in [1.82, 2.24) is 4.98 Å². The second kappa shape index (κ2) is 7.35. The Morgan fingerprint density at radius 2 is 1.81 bits per heavy atom. The number of nitrogens with one attached hydrogen (secondary N) is 1. The molecule has 2 heterocycles. The zero-order valence-corrected chi connectivity index (χ0v) is 15.3. The quantitative estimate of drug-likeness (QED) is 0.743. The zero-order valence-electron chi connectivity index (χ0n) is 15.3. The molecule has 0 unspecified atom stereocenters. The number of anilines is 2. The van der Waals surface area contributed by atoms with Gasteiger partial charge in [-0.2, -0.15) is 0 Å². The maximum Gasteiger partial charge on any atom is 0.227 e. The summed E-state index contributed by atoms with van der Waals surface area (Å²) in [4.78, 5) is 19.3. The van der Waals surface area contributed by atoms with E-state index in [2.05, 4.69) is 15.2 Å². The van der Waals surface area contributed by atoms with Crippen LogP contribution in [0.4, 0.5) is 15.8 Å². The van der Waals surface area contributed by atoms with Crippen LogP contribution < -0.4 is 10.2 Å². The Bertz CT molecular complexity index is 963. The highest BCUT2D eigenvalue weighted by Gasteiger charge is 2.25. The van der Waals surface area contributed by atoms with Gasteiger partial charge in [-0.1, -0.05) is 12.1 Å². The molecule has 1 aliphatic rings. The minimum atomic E-state index is -0.228. The fourth-order valence-corrected chi connectivity index (χ4v) is 3.75. The average molecular weight is 363 g/mol. The Morgan fingerprint density at radius 3 is 2.56 bits per heavy atom. The first-order chi connectivity index (χ1) is 13.1. The molecule has 2 aromatic carbocycles. The summed E-state index contributed by atoms with van der Waals surface area (Å²) < 4.78 is 13.1. The van der Waals surface area contributed by atoms with E-state index in [1.54, 1.807) is 18.3 Å². The molecule has 0 spiro atoms. The number of pyridine rings is 1. The highest BCUT2D eigenvalue weighted by molar-refractivity contribution is 6.03. The van der Waals surface area contributed by atoms with Crippen molar-refractivity contribution in [3.63, 3.8) is 0 Å². The summed E-state index contributed by atoms with van der Waals surface area (Å²) in [6.07, 6.45) is 3.34. The molecule has 1 amide bonds. The van der Waals surface area contributed by atoms with E-state index in [-0.39, 0.29) is 17.6 Å². The van der Waals surface area contributed by atoms with Crippen LogP contribution in [-0.2, 0) is 4.79 Å². The lowest BCUT2D eigenvalue weighted by Crippen LogP contribution is -2.38. The van der Waals surface area contributed by atoms with E-state index >= 15 is 0 Å². The molecule has 1 saturated heterocycles. The van der Waals surface area contributed by atoms with Crippen LogP contribution in [0.25, 0.3) is 10.8 Å². The average Bonchev–Trinajstić information content (AvgIpc) is 2.69. The van der Waals surface area contributed by atoms with Crippen LogP contribution in [-0.4, -0.2) is 24.0 Å². The fourth-order valence-electron chi connectivity index (χ4n) is 3.75. The molecule has 1 aliphatic heterocycles. The third kappa shape index (κ3) is 3.63. The molecule has 4 nitrogen and oxygen atoms in total. The summed E-state index contributed by atoms with van der Waals surface area (Å²) >= 11 is 0. The molecule has 0 saturated carbocycles. The van der Waals surface area contributed by atoms with Gasteiger partial charge in [-0.05, 0) is 56.2 Å². The second-order valence-electron chi connectivity index (χ2n) is 7.02. The molecule has 138 valence electrons. The standard InChI is InChI=1S/C22H22FN3O/c1-15-19-3-2-4-21(20(19)9-12-24-15)25-22(27)16-10-13-26(14-11-16)18-7-5-17(23)6-8-18/h2-9,12,16H,10-11,13-14H2,1H3,(H,25,27). The van der Waals surface area contributed by atoms with Crippen LogP contribution in [0, 0.1) is 18.7 Å². The Balaban J connectivity index is 1.43. The van der Waals surface area contributed by atoms with Crippen molar-refractivity contribution >= 4 is 28.1 Å². The van der Waals surface area contributed by atoms with Gasteiger partial charge in [0.25, 0.3) is 0 Å². The number of amides is 1. The van der Waals surface area contributed by atoms with Gasteiger partial charge in [0.05, 0.1) is 0 Å². The van der Waals surface area contributed by atoms with Crippen LogP contribution >= 0.6 is 0 Å². The highest BCUT2D eigenvalue weighted by atomic mass is 19.1. The number of hydrogen-bond acceptors (Lipinski definition) is 3. The van der Waals surface area contributed by atoms with E-state index in [0.717, 1.165) is 53.8 Å². The zero-order chi connectivity index (χ0) is 18.8. The molecular weight excluding hydrogens is 341 g/mol. The van der Waals surface area contributed by atoms with Gasteiger partial charge < -0.3 is 10.2 Å². The van der Waals surface area contributed by atoms with Crippen LogP contribution in [0.15, 0.2) is 54.7 Å². The lowest BCUT2D eigenvalue weighted by molar-refractivity contribution is -0.120. The van der Waals surface area contributed by atoms with Crippen molar-refractivity contribution in [1.29, 1.82) is 0 Å². The van der Waals surface area contributed by atoms with E-state index < -0.39 is 0 Å². The number of aromatic nitrogens is 1. The molecule has 1 aromatic heterocycles. The van der Waals surface area contributed by atoms with Gasteiger partial charge >= 0.3 is 0 Å². The first-order valence-corrected chi connectivity index (χ1v) is 9.27. The molecule has 4 rings (SSSR count). The number of carbonyl (C=O) groups is 1. The maximum atomic E-state index is 13.1. The van der Waals surface area contributed by atoms with Crippen LogP contribution in [0.1, 0.15) is 18.5 Å². The Kier molecular flexibility index (Phi) is 4.75. The molecular formula is C22H22FN3O. The van der Waals surface area contributed by atoms with Crippen molar-refractivity contribution in [2.75, 3.05) is 23.3 Å². The highest BCUT2D eigenvalue weighted by Crippen LogP contribution is 2.28. The number of halogens is 1. The van der Waals surface area contributed by atoms with Crippen molar-refractivity contribution in [3.05, 3.63) is 66.2 Å². The van der Waals surface area contributed by atoms with Crippen molar-refractivity contribution in [3.8, 4) is 0 Å². The number of rotatable bonds is 3. The van der Waals surface area contributed by atoms with E-state index in [4.69, 9.17) is 0 Å². The number of nitrogens with zero attached hydrogens (tertiary/aromatic N) is 2. The summed E-state index contributed by atoms with van der Waals surface area (Å²) in [5, 5.41) is 5.18. The predicted molar refractivity (Wildman–Crippen MR) is 106 cm³/mol. The maximum absolute atomic E-state index is 13.1. The molecule has 0 aliphatic carbocycles. The van der Waals surface area contributed by atoms with E-state index in [9.17, 15) is 9.18 Å². The Morgan fingerprint density at radius 1 is 1.07 bits per heavy atom. The molecule has 0 bridgehead atoms. The van der Waals surface area contributed by atoms with Gasteiger partial charge in [-0.3, -0.25) is 9.78 Å². The summed E-state index contributed by atoms with van der Waals surface area (Å²) in [5.74, 6) is -0.177. The largest absolute Gasteiger partial charge is 0.371 e. The Labute approximate surface area is 158 Å². The number of fused-ring (bicyclic) bond motifs is 1. The van der Waals surface area contributed by atoms with Crippen LogP contribution in [0.5, 0.6) is 0 Å². The molecule has 27 heavy (non-hydrogen) atoms. The first-order valence-electron chi connectivity index (χ1n) is 9.27. The van der Waals surface area contributed by atoms with E-state index in [1.165, 1.54) is 12.1 Å². The summed E-state index contributed by atoms with van der Waals surface area (Å²) in [5.41, 5.74) is 2.80. The van der Waals surface area contributed by atoms with Gasteiger partial charge in [0.1, 0.15) is 5.82 Å². The van der Waals surface area contributed by atoms with Gasteiger partial charge in [-0.15, -0.1) is 0 Å². The number of piperidine rings is 1. The van der Waals surface area contributed by atoms with Crippen LogP contribution in [0.3, 0.4) is 0 Å². The predicted octanol–water partition coefficient (Wildman–Crippen LogP) is 4.54. The van der Waals surface area contributed by atoms with Crippen molar-refractivity contribution in [2.45, 2.75) is 19.8 Å². The minimum Gasteiger partial charge on any atom is -0.371 e. The first kappa shape index (κ1) is 17.5. The van der Waals surface area contributed by atoms with Crippen molar-refractivity contribution in [2.24, 2.45) is 5.92 Å². The molecule has 0 radical (unpaired) electrons. The SMILES string of the molecule is Cc1nccc2c(NC(=O)C3CCN(c4ccc(F)cc4)CC3)cccc12. The molecule has 1 fully saturated rings. The number of hydrogen-bond donors (Lipinski definition) is 1. The molecule has 1 N–H and O–H groups in total. The van der Waals surface area contributed by atoms with Gasteiger partial charge in [-0.25, -0.2) is 4.39 Å². The monoisotopic (exact) mass is 363 g/mol. The third-order valence-electron chi connectivity index (χ3n) is 5.32. The lowest BCUT2D eigenvalue weighted by Gasteiger charge is -2.33. The number of benzene rings is 2. The minimum absolute atomic E-state index is 0.0140. The fraction of sp³-hybridized carbons (Fsp3) is 0.273. The topological polar surface area (TPSA) is 45.2 Å². The van der Waals surface area contributed by atoms with E-state index in [1.807, 2.05) is 31.2 Å². The van der Waals surface area contributed by atoms with E-state index in [0.29, 0.717) is 0 Å². The molecule has 5 heteroatoms. The second-order valence-corrected chi connectivity index (χ2v) is 7.02. The van der Waals surface area contributed by atoms with Gasteiger partial charge in [0.2, 0.25) is 5.91 Å².